The van der Waals surface area contributed by atoms with E-state index in [0.717, 1.165) is 29.4 Å². The Morgan fingerprint density at radius 2 is 2.05 bits per heavy atom. The van der Waals surface area contributed by atoms with E-state index in [0.29, 0.717) is 6.04 Å². The van der Waals surface area contributed by atoms with E-state index in [1.807, 2.05) is 42.5 Å². The molecule has 114 valence electrons. The van der Waals surface area contributed by atoms with Crippen LogP contribution in [0.2, 0.25) is 5.02 Å². The van der Waals surface area contributed by atoms with Gasteiger partial charge < -0.3 is 5.32 Å². The third kappa shape index (κ3) is 5.06. The van der Waals surface area contributed by atoms with E-state index in [-0.39, 0.29) is 0 Å². The second kappa shape index (κ2) is 7.87. The Hall–Kier alpha value is -0.970. The number of thioether (sulfide) groups is 1. The highest BCUT2D eigenvalue weighted by molar-refractivity contribution is 7.99. The molecule has 0 fully saturated rings. The summed E-state index contributed by atoms with van der Waals surface area (Å²) in [6.45, 7) is 5.16. The molecule has 0 saturated heterocycles. The highest BCUT2D eigenvalue weighted by atomic mass is 35.5. The molecule has 0 bridgehead atoms. The van der Waals surface area contributed by atoms with Gasteiger partial charge in [0.1, 0.15) is 0 Å². The first-order chi connectivity index (χ1) is 10.1. The Morgan fingerprint density at radius 1 is 1.33 bits per heavy atom. The highest BCUT2D eigenvalue weighted by Crippen LogP contribution is 2.22. The Labute approximate surface area is 136 Å². The zero-order chi connectivity index (χ0) is 15.2. The maximum Gasteiger partial charge on any atom is 0.0596 e. The van der Waals surface area contributed by atoms with Crippen molar-refractivity contribution >= 4 is 23.4 Å². The molecule has 2 rings (SSSR count). The van der Waals surface area contributed by atoms with Crippen LogP contribution in [0, 0.1) is 6.92 Å². The number of hydrogen-bond donors (Lipinski definition) is 1. The molecule has 5 heteroatoms. The first kappa shape index (κ1) is 16.4. The summed E-state index contributed by atoms with van der Waals surface area (Å²) in [7, 11) is 2.01. The quantitative estimate of drug-likeness (QED) is 0.788. The van der Waals surface area contributed by atoms with Crippen molar-refractivity contribution in [3.05, 3.63) is 46.7 Å². The number of aromatic nitrogens is 2. The van der Waals surface area contributed by atoms with Gasteiger partial charge in [-0.25, -0.2) is 0 Å². The van der Waals surface area contributed by atoms with Crippen molar-refractivity contribution in [1.29, 1.82) is 0 Å². The molecule has 0 aliphatic rings. The van der Waals surface area contributed by atoms with Crippen molar-refractivity contribution in [3.8, 4) is 0 Å². The molecule has 3 nitrogen and oxygen atoms in total. The van der Waals surface area contributed by atoms with Crippen LogP contribution in [0.4, 0.5) is 0 Å². The lowest BCUT2D eigenvalue weighted by atomic mass is 10.1. The number of nitrogens with one attached hydrogen (secondary N) is 1. The molecule has 0 radical (unpaired) electrons. The Bertz CT molecular complexity index is 565. The number of benzene rings is 1. The third-order valence-corrected chi connectivity index (χ3v) is 4.74. The van der Waals surface area contributed by atoms with Gasteiger partial charge in [0.25, 0.3) is 0 Å². The Morgan fingerprint density at radius 3 is 2.62 bits per heavy atom. The van der Waals surface area contributed by atoms with E-state index in [2.05, 4.69) is 35.5 Å². The van der Waals surface area contributed by atoms with Crippen LogP contribution in [0.5, 0.6) is 0 Å². The van der Waals surface area contributed by atoms with Crippen LogP contribution in [0.25, 0.3) is 0 Å². The lowest BCUT2D eigenvalue weighted by molar-refractivity contribution is 0.549. The highest BCUT2D eigenvalue weighted by Gasteiger charge is 2.12. The number of likely N-dealkylation sites (N-methyl/N-ethyl adjacent to an activating group) is 1. The van der Waals surface area contributed by atoms with Crippen LogP contribution in [0.1, 0.15) is 18.3 Å². The molecule has 1 aromatic carbocycles. The molecule has 0 saturated carbocycles. The molecule has 1 unspecified atom stereocenters. The molecule has 0 aliphatic carbocycles. The summed E-state index contributed by atoms with van der Waals surface area (Å²) in [5.74, 6) is 1.03. The predicted octanol–water partition coefficient (Wildman–Crippen LogP) is 3.69. The van der Waals surface area contributed by atoms with Gasteiger partial charge >= 0.3 is 0 Å². The molecule has 1 N–H and O–H groups in total. The van der Waals surface area contributed by atoms with Gasteiger partial charge in [0.2, 0.25) is 0 Å². The SMILES string of the molecule is CCNC(CSc1ccc(Cl)cc1)Cc1cc(C)nn1C. The topological polar surface area (TPSA) is 29.9 Å². The molecule has 21 heavy (non-hydrogen) atoms. The molecule has 0 spiro atoms. The Balaban J connectivity index is 1.95. The summed E-state index contributed by atoms with van der Waals surface area (Å²) in [4.78, 5) is 1.25. The second-order valence-corrected chi connectivity index (χ2v) is 6.65. The summed E-state index contributed by atoms with van der Waals surface area (Å²) in [5, 5.41) is 8.77. The lowest BCUT2D eigenvalue weighted by Crippen LogP contribution is -2.33. The molecule has 0 aliphatic heterocycles. The smallest absolute Gasteiger partial charge is 0.0596 e. The first-order valence-corrected chi connectivity index (χ1v) is 8.56. The van der Waals surface area contributed by atoms with Gasteiger partial charge in [0.15, 0.2) is 0 Å². The third-order valence-electron chi connectivity index (χ3n) is 3.31. The van der Waals surface area contributed by atoms with Crippen molar-refractivity contribution in [2.24, 2.45) is 7.05 Å². The number of rotatable bonds is 7. The first-order valence-electron chi connectivity index (χ1n) is 7.19. The summed E-state index contributed by atoms with van der Waals surface area (Å²) in [6, 6.07) is 10.6. The normalized spacial score (nSPS) is 12.6. The lowest BCUT2D eigenvalue weighted by Gasteiger charge is -2.17. The minimum atomic E-state index is 0.436. The van der Waals surface area contributed by atoms with Crippen LogP contribution in [0.15, 0.2) is 35.2 Å². The maximum absolute atomic E-state index is 5.92. The number of aryl methyl sites for hydroxylation is 2. The predicted molar refractivity (Wildman–Crippen MR) is 91.3 cm³/mol. The number of hydrogen-bond acceptors (Lipinski definition) is 3. The van der Waals surface area contributed by atoms with Gasteiger partial charge in [-0.2, -0.15) is 5.10 Å². The van der Waals surface area contributed by atoms with Crippen LogP contribution in [-0.4, -0.2) is 28.1 Å². The summed E-state index contributed by atoms with van der Waals surface area (Å²) in [5.41, 5.74) is 2.35. The van der Waals surface area contributed by atoms with Crippen LogP contribution < -0.4 is 5.32 Å². The van der Waals surface area contributed by atoms with Gasteiger partial charge in [0, 0.05) is 40.9 Å². The van der Waals surface area contributed by atoms with Crippen molar-refractivity contribution in [1.82, 2.24) is 15.1 Å². The maximum atomic E-state index is 5.92. The number of nitrogens with zero attached hydrogens (tertiary/aromatic N) is 2. The molecular weight excluding hydrogens is 302 g/mol. The average Bonchev–Trinajstić information content (AvgIpc) is 2.76. The number of halogens is 1. The van der Waals surface area contributed by atoms with Gasteiger partial charge in [0.05, 0.1) is 5.69 Å². The summed E-state index contributed by atoms with van der Waals surface area (Å²) in [6.07, 6.45) is 0.992. The summed E-state index contributed by atoms with van der Waals surface area (Å²) < 4.78 is 1.98. The fourth-order valence-corrected chi connectivity index (χ4v) is 3.40. The van der Waals surface area contributed by atoms with E-state index < -0.39 is 0 Å². The monoisotopic (exact) mass is 323 g/mol. The molecule has 0 amide bonds. The molecule has 1 atom stereocenters. The van der Waals surface area contributed by atoms with E-state index in [4.69, 9.17) is 11.6 Å². The fraction of sp³-hybridized carbons (Fsp3) is 0.438. The Kier molecular flexibility index (Phi) is 6.15. The molecular formula is C16H22ClN3S. The van der Waals surface area contributed by atoms with Crippen molar-refractivity contribution < 1.29 is 0 Å². The minimum absolute atomic E-state index is 0.436. The van der Waals surface area contributed by atoms with Gasteiger partial charge in [-0.1, -0.05) is 18.5 Å². The van der Waals surface area contributed by atoms with Crippen LogP contribution >= 0.6 is 23.4 Å². The van der Waals surface area contributed by atoms with Crippen LogP contribution in [0.3, 0.4) is 0 Å². The fourth-order valence-electron chi connectivity index (χ4n) is 2.31. The molecule has 1 heterocycles. The van der Waals surface area contributed by atoms with Crippen LogP contribution in [-0.2, 0) is 13.5 Å². The molecule has 2 aromatic rings. The zero-order valence-corrected chi connectivity index (χ0v) is 14.3. The van der Waals surface area contributed by atoms with Crippen molar-refractivity contribution in [2.45, 2.75) is 31.2 Å². The van der Waals surface area contributed by atoms with E-state index in [9.17, 15) is 0 Å². The standard InChI is InChI=1S/C16H22ClN3S/c1-4-18-14(10-15-9-12(2)19-20(15)3)11-21-16-7-5-13(17)6-8-16/h5-9,14,18H,4,10-11H2,1-3H3. The zero-order valence-electron chi connectivity index (χ0n) is 12.8. The minimum Gasteiger partial charge on any atom is -0.313 e. The van der Waals surface area contributed by atoms with Gasteiger partial charge in [-0.3, -0.25) is 4.68 Å². The summed E-state index contributed by atoms with van der Waals surface area (Å²) >= 11 is 7.78. The van der Waals surface area contributed by atoms with E-state index in [1.54, 1.807) is 0 Å². The van der Waals surface area contributed by atoms with Crippen molar-refractivity contribution in [2.75, 3.05) is 12.3 Å². The van der Waals surface area contributed by atoms with Crippen molar-refractivity contribution in [3.63, 3.8) is 0 Å². The van der Waals surface area contributed by atoms with Gasteiger partial charge in [-0.15, -0.1) is 11.8 Å². The largest absolute Gasteiger partial charge is 0.313 e. The van der Waals surface area contributed by atoms with Gasteiger partial charge in [-0.05, 0) is 43.8 Å². The average molecular weight is 324 g/mol. The second-order valence-electron chi connectivity index (χ2n) is 5.12. The van der Waals surface area contributed by atoms with E-state index >= 15 is 0 Å². The van der Waals surface area contributed by atoms with E-state index in [1.165, 1.54) is 10.6 Å². The molecule has 1 aromatic heterocycles.